The molecule has 0 radical (unpaired) electrons. The van der Waals surface area contributed by atoms with E-state index in [0.717, 1.165) is 0 Å². The van der Waals surface area contributed by atoms with Crippen LogP contribution in [-0.4, -0.2) is 62.2 Å². The Morgan fingerprint density at radius 2 is 1.97 bits per heavy atom. The minimum absolute atomic E-state index is 0.0954. The number of carboxylic acids is 1. The largest absolute Gasteiger partial charge is 0.490 e. The van der Waals surface area contributed by atoms with E-state index in [2.05, 4.69) is 4.72 Å². The highest BCUT2D eigenvalue weighted by Gasteiger charge is 2.39. The quantitative estimate of drug-likeness (QED) is 0.683. The van der Waals surface area contributed by atoms with E-state index in [-0.39, 0.29) is 41.1 Å². The number of ether oxygens (including phenoxy) is 2. The molecule has 2 aliphatic rings. The van der Waals surface area contributed by atoms with Gasteiger partial charge in [0.1, 0.15) is 18.5 Å². The van der Waals surface area contributed by atoms with Gasteiger partial charge in [-0.15, -0.1) is 0 Å². The molecule has 0 unspecified atom stereocenters. The second kappa shape index (κ2) is 9.03. The molecule has 2 aliphatic heterocycles. The Morgan fingerprint density at radius 3 is 2.70 bits per heavy atom. The maximum atomic E-state index is 13.3. The van der Waals surface area contributed by atoms with Crippen LogP contribution in [-0.2, 0) is 19.6 Å². The Morgan fingerprint density at radius 1 is 1.21 bits per heavy atom. The van der Waals surface area contributed by atoms with E-state index in [1.807, 2.05) is 0 Å². The Labute approximate surface area is 192 Å². The van der Waals surface area contributed by atoms with Crippen LogP contribution >= 0.6 is 0 Å². The number of likely N-dealkylation sites (N-methyl/N-ethyl adjacent to an activating group) is 1. The average Bonchev–Trinajstić information content (AvgIpc) is 2.76. The number of amides is 1. The van der Waals surface area contributed by atoms with E-state index in [0.29, 0.717) is 24.2 Å². The van der Waals surface area contributed by atoms with Gasteiger partial charge in [-0.2, -0.15) is 0 Å². The van der Waals surface area contributed by atoms with Crippen LogP contribution in [0.2, 0.25) is 0 Å². The molecular formula is C23H26N2O7S. The molecule has 3 atom stereocenters. The number of carboxylic acid groups (broad SMARTS) is 1. The number of hydrogen-bond acceptors (Lipinski definition) is 6. The first-order valence-electron chi connectivity index (χ1n) is 10.7. The number of rotatable bonds is 5. The third kappa shape index (κ3) is 4.81. The summed E-state index contributed by atoms with van der Waals surface area (Å²) in [6.45, 7) is 1.87. The molecule has 2 aromatic carbocycles. The zero-order chi connectivity index (χ0) is 23.8. The van der Waals surface area contributed by atoms with Crippen LogP contribution in [0, 0.1) is 6.92 Å². The topological polar surface area (TPSA) is 122 Å². The summed E-state index contributed by atoms with van der Waals surface area (Å²) in [6, 6.07) is 10.9. The third-order valence-electron chi connectivity index (χ3n) is 6.05. The summed E-state index contributed by atoms with van der Waals surface area (Å²) in [5, 5.41) is 9.06. The van der Waals surface area contributed by atoms with Crippen molar-refractivity contribution >= 4 is 27.6 Å². The van der Waals surface area contributed by atoms with E-state index >= 15 is 0 Å². The van der Waals surface area contributed by atoms with E-state index in [9.17, 15) is 18.0 Å². The summed E-state index contributed by atoms with van der Waals surface area (Å²) in [7, 11) is -2.17. The van der Waals surface area contributed by atoms with Crippen LogP contribution in [0.4, 0.5) is 5.69 Å². The SMILES string of the molecule is Cc1ccccc1S(=O)(=O)Nc1ccc2c(c1)C(=O)N(C)[C@@H]1CC[C@@H](CC(=O)O)O[C@@H]1CO2. The van der Waals surface area contributed by atoms with Crippen molar-refractivity contribution in [3.8, 4) is 5.75 Å². The number of aliphatic carboxylic acids is 1. The van der Waals surface area contributed by atoms with Crippen LogP contribution in [0.1, 0.15) is 35.2 Å². The fraction of sp³-hybridized carbons (Fsp3) is 0.391. The van der Waals surface area contributed by atoms with E-state index in [4.69, 9.17) is 14.6 Å². The molecule has 0 aromatic heterocycles. The number of nitrogens with one attached hydrogen (secondary N) is 1. The van der Waals surface area contributed by atoms with Gasteiger partial charge in [-0.1, -0.05) is 18.2 Å². The lowest BCUT2D eigenvalue weighted by Gasteiger charge is -2.42. The smallest absolute Gasteiger partial charge is 0.305 e. The standard InChI is InChI=1S/C23H26N2O7S/c1-14-5-3-4-6-21(14)33(29,30)24-15-7-10-19-17(11-15)23(28)25(2)18-9-8-16(12-22(26)27)32-20(18)13-31-19/h3-7,10-11,16,18,20,24H,8-9,12-13H2,1-2H3,(H,26,27)/t16-,18+,20+/m0/s1. The highest BCUT2D eigenvalue weighted by atomic mass is 32.2. The molecular weight excluding hydrogens is 448 g/mol. The van der Waals surface area contributed by atoms with Crippen molar-refractivity contribution in [3.05, 3.63) is 53.6 Å². The maximum absolute atomic E-state index is 13.3. The van der Waals surface area contributed by atoms with Crippen LogP contribution in [0.15, 0.2) is 47.4 Å². The Balaban J connectivity index is 1.58. The molecule has 1 amide bonds. The highest BCUT2D eigenvalue weighted by molar-refractivity contribution is 7.92. The van der Waals surface area contributed by atoms with Crippen LogP contribution in [0.25, 0.3) is 0 Å². The van der Waals surface area contributed by atoms with Gasteiger partial charge in [-0.25, -0.2) is 8.42 Å². The molecule has 4 rings (SSSR count). The van der Waals surface area contributed by atoms with Crippen molar-refractivity contribution in [1.29, 1.82) is 0 Å². The molecule has 33 heavy (non-hydrogen) atoms. The van der Waals surface area contributed by atoms with Gasteiger partial charge in [-0.05, 0) is 49.6 Å². The Bertz CT molecular complexity index is 1180. The summed E-state index contributed by atoms with van der Waals surface area (Å²) in [4.78, 5) is 26.0. The first-order valence-corrected chi connectivity index (χ1v) is 12.1. The number of carbonyl (C=O) groups is 2. The molecule has 2 heterocycles. The molecule has 9 nitrogen and oxygen atoms in total. The predicted octanol–water partition coefficient (Wildman–Crippen LogP) is 2.65. The molecule has 176 valence electrons. The van der Waals surface area contributed by atoms with Crippen molar-refractivity contribution < 1.29 is 32.6 Å². The number of carbonyl (C=O) groups excluding carboxylic acids is 1. The number of sulfonamides is 1. The van der Waals surface area contributed by atoms with E-state index in [1.54, 1.807) is 43.1 Å². The van der Waals surface area contributed by atoms with E-state index in [1.165, 1.54) is 18.2 Å². The van der Waals surface area contributed by atoms with Gasteiger partial charge in [0.05, 0.1) is 29.0 Å². The fourth-order valence-electron chi connectivity index (χ4n) is 4.35. The summed E-state index contributed by atoms with van der Waals surface area (Å²) in [5.74, 6) is -0.939. The van der Waals surface area contributed by atoms with Crippen LogP contribution < -0.4 is 9.46 Å². The number of fused-ring (bicyclic) bond motifs is 2. The lowest BCUT2D eigenvalue weighted by Crippen LogP contribution is -2.53. The summed E-state index contributed by atoms with van der Waals surface area (Å²) >= 11 is 0. The molecule has 0 aliphatic carbocycles. The number of anilines is 1. The molecule has 2 N–H and O–H groups in total. The third-order valence-corrected chi connectivity index (χ3v) is 7.59. The Kier molecular flexibility index (Phi) is 6.31. The second-order valence-electron chi connectivity index (χ2n) is 8.35. The Hall–Kier alpha value is -3.11. The molecule has 0 bridgehead atoms. The predicted molar refractivity (Wildman–Crippen MR) is 120 cm³/mol. The van der Waals surface area contributed by atoms with Gasteiger partial charge in [-0.3, -0.25) is 14.3 Å². The lowest BCUT2D eigenvalue weighted by molar-refractivity contribution is -0.148. The normalized spacial score (nSPS) is 22.9. The number of nitrogens with zero attached hydrogens (tertiary/aromatic N) is 1. The lowest BCUT2D eigenvalue weighted by atomic mass is 9.95. The monoisotopic (exact) mass is 474 g/mol. The molecule has 10 heteroatoms. The maximum Gasteiger partial charge on any atom is 0.305 e. The van der Waals surface area contributed by atoms with Crippen LogP contribution in [0.3, 0.4) is 0 Å². The van der Waals surface area contributed by atoms with Gasteiger partial charge in [0.15, 0.2) is 0 Å². The van der Waals surface area contributed by atoms with Crippen molar-refractivity contribution in [1.82, 2.24) is 4.90 Å². The average molecular weight is 475 g/mol. The molecule has 2 aromatic rings. The van der Waals surface area contributed by atoms with Crippen molar-refractivity contribution in [3.63, 3.8) is 0 Å². The minimum Gasteiger partial charge on any atom is -0.490 e. The van der Waals surface area contributed by atoms with Gasteiger partial charge < -0.3 is 19.5 Å². The summed E-state index contributed by atoms with van der Waals surface area (Å²) in [5.41, 5.74) is 1.11. The van der Waals surface area contributed by atoms with Crippen LogP contribution in [0.5, 0.6) is 5.75 Å². The van der Waals surface area contributed by atoms with Gasteiger partial charge in [0, 0.05) is 12.7 Å². The molecule has 0 saturated carbocycles. The highest BCUT2D eigenvalue weighted by Crippen LogP contribution is 2.33. The summed E-state index contributed by atoms with van der Waals surface area (Å²) in [6.07, 6.45) is 0.136. The molecule has 0 spiro atoms. The van der Waals surface area contributed by atoms with Crippen molar-refractivity contribution in [2.45, 2.75) is 49.3 Å². The first kappa shape index (κ1) is 23.1. The number of hydrogen-bond donors (Lipinski definition) is 2. The van der Waals surface area contributed by atoms with Gasteiger partial charge >= 0.3 is 5.97 Å². The number of benzene rings is 2. The zero-order valence-electron chi connectivity index (χ0n) is 18.4. The van der Waals surface area contributed by atoms with Crippen molar-refractivity contribution in [2.75, 3.05) is 18.4 Å². The fourth-order valence-corrected chi connectivity index (χ4v) is 5.65. The second-order valence-corrected chi connectivity index (χ2v) is 10.00. The molecule has 1 fully saturated rings. The number of aryl methyl sites for hydroxylation is 1. The first-order chi connectivity index (χ1) is 15.7. The van der Waals surface area contributed by atoms with Gasteiger partial charge in [0.25, 0.3) is 15.9 Å². The minimum atomic E-state index is -3.84. The zero-order valence-corrected chi connectivity index (χ0v) is 19.2. The van der Waals surface area contributed by atoms with Gasteiger partial charge in [0.2, 0.25) is 0 Å². The van der Waals surface area contributed by atoms with Crippen molar-refractivity contribution in [2.24, 2.45) is 0 Å². The molecule has 1 saturated heterocycles. The van der Waals surface area contributed by atoms with E-state index < -0.39 is 28.2 Å². The summed E-state index contributed by atoms with van der Waals surface area (Å²) < 4.78 is 40.0.